The average Bonchev–Trinajstić information content (AvgIpc) is 2.38. The molecule has 18 heavy (non-hydrogen) atoms. The summed E-state index contributed by atoms with van der Waals surface area (Å²) in [7, 11) is 0. The Bertz CT molecular complexity index is 354. The van der Waals surface area contributed by atoms with Gasteiger partial charge in [0.25, 0.3) is 0 Å². The van der Waals surface area contributed by atoms with E-state index in [1.54, 1.807) is 12.4 Å². The van der Waals surface area contributed by atoms with E-state index < -0.39 is 5.97 Å². The van der Waals surface area contributed by atoms with Crippen LogP contribution in [0.2, 0.25) is 0 Å². The summed E-state index contributed by atoms with van der Waals surface area (Å²) in [5.41, 5.74) is 1.11. The molecule has 1 heterocycles. The molecular weight excluding hydrogens is 228 g/mol. The summed E-state index contributed by atoms with van der Waals surface area (Å²) in [5, 5.41) is 9.33. The highest BCUT2D eigenvalue weighted by Gasteiger charge is 2.23. The molecule has 1 rings (SSSR count). The van der Waals surface area contributed by atoms with Crippen LogP contribution in [-0.2, 0) is 11.3 Å². The zero-order chi connectivity index (χ0) is 13.4. The molecule has 1 unspecified atom stereocenters. The number of carboxylic acids is 1. The monoisotopic (exact) mass is 250 g/mol. The highest BCUT2D eigenvalue weighted by molar-refractivity contribution is 5.73. The molecule has 1 atom stereocenters. The van der Waals surface area contributed by atoms with Gasteiger partial charge in [0, 0.05) is 18.9 Å². The number of likely N-dealkylation sites (N-methyl/N-ethyl adjacent to an activating group) is 1. The van der Waals surface area contributed by atoms with Crippen molar-refractivity contribution in [2.24, 2.45) is 0 Å². The molecule has 0 aliphatic carbocycles. The summed E-state index contributed by atoms with van der Waals surface area (Å²) in [5.74, 6) is -0.723. The molecule has 1 aromatic rings. The van der Waals surface area contributed by atoms with Gasteiger partial charge in [0.2, 0.25) is 0 Å². The number of aromatic nitrogens is 1. The smallest absolute Gasteiger partial charge is 0.320 e. The van der Waals surface area contributed by atoms with Crippen LogP contribution in [0.15, 0.2) is 24.5 Å². The van der Waals surface area contributed by atoms with Crippen LogP contribution in [0.4, 0.5) is 0 Å². The number of carboxylic acid groups (broad SMARTS) is 1. The number of hydrogen-bond acceptors (Lipinski definition) is 3. The van der Waals surface area contributed by atoms with Gasteiger partial charge in [-0.2, -0.15) is 0 Å². The van der Waals surface area contributed by atoms with Crippen molar-refractivity contribution in [3.8, 4) is 0 Å². The first-order valence-electron chi connectivity index (χ1n) is 6.54. The van der Waals surface area contributed by atoms with E-state index in [4.69, 9.17) is 0 Å². The fourth-order valence-corrected chi connectivity index (χ4v) is 2.02. The molecule has 4 heteroatoms. The van der Waals surface area contributed by atoms with E-state index in [1.807, 2.05) is 24.0 Å². The molecule has 100 valence electrons. The molecule has 1 N–H and O–H groups in total. The third-order valence-electron chi connectivity index (χ3n) is 3.10. The van der Waals surface area contributed by atoms with Crippen LogP contribution in [0.1, 0.15) is 38.7 Å². The van der Waals surface area contributed by atoms with Crippen LogP contribution in [-0.4, -0.2) is 33.5 Å². The zero-order valence-corrected chi connectivity index (χ0v) is 11.2. The maximum absolute atomic E-state index is 11.3. The first kappa shape index (κ1) is 14.6. The molecule has 0 saturated carbocycles. The second-order valence-electron chi connectivity index (χ2n) is 4.41. The van der Waals surface area contributed by atoms with E-state index in [2.05, 4.69) is 11.9 Å². The van der Waals surface area contributed by atoms with Crippen LogP contribution < -0.4 is 0 Å². The zero-order valence-electron chi connectivity index (χ0n) is 11.2. The van der Waals surface area contributed by atoms with E-state index in [0.29, 0.717) is 13.0 Å². The van der Waals surface area contributed by atoms with Crippen molar-refractivity contribution < 1.29 is 9.90 Å². The molecule has 0 aliphatic rings. The lowest BCUT2D eigenvalue weighted by Gasteiger charge is -2.27. The van der Waals surface area contributed by atoms with E-state index >= 15 is 0 Å². The average molecular weight is 250 g/mol. The van der Waals surface area contributed by atoms with Gasteiger partial charge in [-0.1, -0.05) is 26.7 Å². The third kappa shape index (κ3) is 4.45. The summed E-state index contributed by atoms with van der Waals surface area (Å²) < 4.78 is 0. The normalized spacial score (nSPS) is 12.6. The van der Waals surface area contributed by atoms with Gasteiger partial charge >= 0.3 is 5.97 Å². The van der Waals surface area contributed by atoms with E-state index in [9.17, 15) is 9.90 Å². The Kier molecular flexibility index (Phi) is 6.36. The number of rotatable bonds is 8. The Labute approximate surface area is 109 Å². The second kappa shape index (κ2) is 7.82. The molecule has 0 aromatic carbocycles. The summed E-state index contributed by atoms with van der Waals surface area (Å²) >= 11 is 0. The number of hydrogen-bond donors (Lipinski definition) is 1. The predicted octanol–water partition coefficient (Wildman–Crippen LogP) is 2.55. The van der Waals surface area contributed by atoms with Gasteiger partial charge in [-0.3, -0.25) is 14.7 Å². The Hall–Kier alpha value is -1.42. The number of nitrogens with zero attached hydrogens (tertiary/aromatic N) is 2. The molecule has 4 nitrogen and oxygen atoms in total. The lowest BCUT2D eigenvalue weighted by Crippen LogP contribution is -2.40. The molecule has 0 fully saturated rings. The quantitative estimate of drug-likeness (QED) is 0.770. The second-order valence-corrected chi connectivity index (χ2v) is 4.41. The minimum atomic E-state index is -0.723. The van der Waals surface area contributed by atoms with Crippen LogP contribution in [0.25, 0.3) is 0 Å². The minimum absolute atomic E-state index is 0.386. The Morgan fingerprint density at radius 1 is 1.39 bits per heavy atom. The first-order valence-corrected chi connectivity index (χ1v) is 6.54. The van der Waals surface area contributed by atoms with Crippen molar-refractivity contribution in [1.82, 2.24) is 9.88 Å². The lowest BCUT2D eigenvalue weighted by molar-refractivity contribution is -0.143. The number of aliphatic carboxylic acids is 1. The van der Waals surface area contributed by atoms with Gasteiger partial charge in [0.05, 0.1) is 0 Å². The topological polar surface area (TPSA) is 53.4 Å². The molecule has 1 aromatic heterocycles. The Balaban J connectivity index is 2.69. The highest BCUT2D eigenvalue weighted by Crippen LogP contribution is 2.13. The van der Waals surface area contributed by atoms with E-state index in [0.717, 1.165) is 24.9 Å². The van der Waals surface area contributed by atoms with E-state index in [-0.39, 0.29) is 6.04 Å². The van der Waals surface area contributed by atoms with Crippen molar-refractivity contribution in [2.45, 2.75) is 45.7 Å². The molecule has 0 saturated heterocycles. The van der Waals surface area contributed by atoms with Crippen molar-refractivity contribution in [1.29, 1.82) is 0 Å². The van der Waals surface area contributed by atoms with Crippen LogP contribution in [0.5, 0.6) is 0 Å². The maximum Gasteiger partial charge on any atom is 0.320 e. The van der Waals surface area contributed by atoms with Gasteiger partial charge in [0.15, 0.2) is 0 Å². The first-order chi connectivity index (χ1) is 8.69. The van der Waals surface area contributed by atoms with Crippen molar-refractivity contribution in [3.63, 3.8) is 0 Å². The molecular formula is C14H22N2O2. The van der Waals surface area contributed by atoms with Crippen LogP contribution >= 0.6 is 0 Å². The summed E-state index contributed by atoms with van der Waals surface area (Å²) in [6.07, 6.45) is 6.17. The fourth-order valence-electron chi connectivity index (χ4n) is 2.02. The van der Waals surface area contributed by atoms with Gasteiger partial charge in [-0.05, 0) is 30.7 Å². The minimum Gasteiger partial charge on any atom is -0.480 e. The predicted molar refractivity (Wildman–Crippen MR) is 71.3 cm³/mol. The van der Waals surface area contributed by atoms with Gasteiger partial charge in [-0.15, -0.1) is 0 Å². The number of pyridine rings is 1. The maximum atomic E-state index is 11.3. The fraction of sp³-hybridized carbons (Fsp3) is 0.571. The SMILES string of the molecule is CCCCC(C(=O)O)N(CC)Cc1ccncc1. The third-order valence-corrected chi connectivity index (χ3v) is 3.10. The molecule has 0 amide bonds. The van der Waals surface area contributed by atoms with Gasteiger partial charge in [-0.25, -0.2) is 0 Å². The van der Waals surface area contributed by atoms with Crippen molar-refractivity contribution in [3.05, 3.63) is 30.1 Å². The standard InChI is InChI=1S/C14H22N2O2/c1-3-5-6-13(14(17)18)16(4-2)11-12-7-9-15-10-8-12/h7-10,13H,3-6,11H2,1-2H3,(H,17,18). The van der Waals surface area contributed by atoms with Gasteiger partial charge in [0.1, 0.15) is 6.04 Å². The summed E-state index contributed by atoms with van der Waals surface area (Å²) in [6, 6.07) is 3.48. The Morgan fingerprint density at radius 2 is 2.06 bits per heavy atom. The lowest BCUT2D eigenvalue weighted by atomic mass is 10.1. The largest absolute Gasteiger partial charge is 0.480 e. The van der Waals surface area contributed by atoms with Crippen molar-refractivity contribution >= 4 is 5.97 Å². The molecule has 0 spiro atoms. The highest BCUT2D eigenvalue weighted by atomic mass is 16.4. The summed E-state index contributed by atoms with van der Waals surface area (Å²) in [6.45, 7) is 5.49. The number of carbonyl (C=O) groups is 1. The Morgan fingerprint density at radius 3 is 2.56 bits per heavy atom. The summed E-state index contributed by atoms with van der Waals surface area (Å²) in [4.78, 5) is 17.3. The van der Waals surface area contributed by atoms with Gasteiger partial charge < -0.3 is 5.11 Å². The van der Waals surface area contributed by atoms with Crippen LogP contribution in [0, 0.1) is 0 Å². The van der Waals surface area contributed by atoms with E-state index in [1.165, 1.54) is 0 Å². The molecule has 0 aliphatic heterocycles. The van der Waals surface area contributed by atoms with Crippen molar-refractivity contribution in [2.75, 3.05) is 6.54 Å². The molecule has 0 bridgehead atoms. The van der Waals surface area contributed by atoms with Crippen LogP contribution in [0.3, 0.4) is 0 Å². The number of unbranched alkanes of at least 4 members (excludes halogenated alkanes) is 1. The molecule has 0 radical (unpaired) electrons.